The first kappa shape index (κ1) is 13.8. The van der Waals surface area contributed by atoms with E-state index >= 15 is 0 Å². The van der Waals surface area contributed by atoms with Crippen LogP contribution in [0.2, 0.25) is 10.2 Å². The maximum atomic E-state index is 12.1. The molecule has 0 radical (unpaired) electrons. The highest BCUT2D eigenvalue weighted by molar-refractivity contribution is 6.41. The van der Waals surface area contributed by atoms with E-state index < -0.39 is 0 Å². The van der Waals surface area contributed by atoms with Gasteiger partial charge in [0, 0.05) is 14.1 Å². The van der Waals surface area contributed by atoms with E-state index in [1.54, 1.807) is 0 Å². The molecule has 0 saturated carbocycles. The van der Waals surface area contributed by atoms with E-state index in [4.69, 9.17) is 23.2 Å². The van der Waals surface area contributed by atoms with Gasteiger partial charge in [-0.15, -0.1) is 0 Å². The van der Waals surface area contributed by atoms with E-state index in [0.717, 1.165) is 11.4 Å². The number of carbonyl (C=O) groups is 1. The molecule has 0 spiro atoms. The largest absolute Gasteiger partial charge is 0.376 e. The molecule has 1 amide bonds. The smallest absolute Gasteiger partial charge is 0.272 e. The van der Waals surface area contributed by atoms with Crippen LogP contribution in [0.4, 0.5) is 11.4 Å². The Labute approximate surface area is 121 Å². The number of aromatic amines is 1. The van der Waals surface area contributed by atoms with Crippen LogP contribution in [0, 0.1) is 0 Å². The monoisotopic (exact) mass is 297 g/mol. The molecule has 1 heterocycles. The number of nitrogens with zero attached hydrogens (tertiary/aromatic N) is 1. The number of nitrogens with one attached hydrogen (secondary N) is 2. The Kier molecular flexibility index (Phi) is 4.02. The summed E-state index contributed by atoms with van der Waals surface area (Å²) in [4.78, 5) is 16.7. The van der Waals surface area contributed by atoms with Crippen molar-refractivity contribution in [1.29, 1.82) is 0 Å². The van der Waals surface area contributed by atoms with Gasteiger partial charge in [0.15, 0.2) is 0 Å². The van der Waals surface area contributed by atoms with Crippen LogP contribution in [-0.4, -0.2) is 25.0 Å². The van der Waals surface area contributed by atoms with Crippen molar-refractivity contribution in [3.63, 3.8) is 0 Å². The van der Waals surface area contributed by atoms with E-state index in [1.807, 2.05) is 43.3 Å². The average molecular weight is 298 g/mol. The number of rotatable bonds is 3. The second-order valence-corrected chi connectivity index (χ2v) is 5.00. The fourth-order valence-electron chi connectivity index (χ4n) is 1.69. The van der Waals surface area contributed by atoms with Gasteiger partial charge < -0.3 is 15.2 Å². The summed E-state index contributed by atoms with van der Waals surface area (Å²) < 4.78 is 0. The topological polar surface area (TPSA) is 48.1 Å². The molecule has 2 N–H and O–H groups in total. The Morgan fingerprint density at radius 1 is 1.26 bits per heavy atom. The second-order valence-electron chi connectivity index (χ2n) is 4.21. The molecule has 0 aliphatic heterocycles. The SMILES string of the molecule is CN(C)c1ccccc1NC(=O)c1cc(Cl)c(Cl)[nH]1. The van der Waals surface area contributed by atoms with Gasteiger partial charge in [-0.25, -0.2) is 0 Å². The molecule has 2 aromatic rings. The van der Waals surface area contributed by atoms with E-state index in [2.05, 4.69) is 10.3 Å². The van der Waals surface area contributed by atoms with E-state index in [-0.39, 0.29) is 11.1 Å². The molecule has 0 saturated heterocycles. The fourth-order valence-corrected chi connectivity index (χ4v) is 2.00. The third-order valence-electron chi connectivity index (χ3n) is 2.60. The van der Waals surface area contributed by atoms with Crippen LogP contribution in [0.1, 0.15) is 10.5 Å². The van der Waals surface area contributed by atoms with Crippen molar-refractivity contribution in [2.45, 2.75) is 0 Å². The van der Waals surface area contributed by atoms with Gasteiger partial charge in [0.2, 0.25) is 0 Å². The minimum Gasteiger partial charge on any atom is -0.376 e. The van der Waals surface area contributed by atoms with Gasteiger partial charge in [-0.05, 0) is 18.2 Å². The second kappa shape index (κ2) is 5.55. The lowest BCUT2D eigenvalue weighted by molar-refractivity contribution is 0.102. The minimum atomic E-state index is -0.289. The van der Waals surface area contributed by atoms with Crippen molar-refractivity contribution in [2.75, 3.05) is 24.3 Å². The summed E-state index contributed by atoms with van der Waals surface area (Å²) in [7, 11) is 3.82. The first-order valence-corrected chi connectivity index (χ1v) is 6.36. The summed E-state index contributed by atoms with van der Waals surface area (Å²) in [5.74, 6) is -0.289. The summed E-state index contributed by atoms with van der Waals surface area (Å²) in [5, 5.41) is 3.40. The van der Waals surface area contributed by atoms with Crippen LogP contribution in [0.15, 0.2) is 30.3 Å². The highest BCUT2D eigenvalue weighted by atomic mass is 35.5. The van der Waals surface area contributed by atoms with Gasteiger partial charge in [0.1, 0.15) is 10.8 Å². The quantitative estimate of drug-likeness (QED) is 0.909. The number of amides is 1. The Balaban J connectivity index is 2.24. The molecule has 2 rings (SSSR count). The van der Waals surface area contributed by atoms with Crippen molar-refractivity contribution in [3.05, 3.63) is 46.2 Å². The molecule has 0 unspecified atom stereocenters. The van der Waals surface area contributed by atoms with Crippen molar-refractivity contribution < 1.29 is 4.79 Å². The Morgan fingerprint density at radius 3 is 2.53 bits per heavy atom. The number of benzene rings is 1. The highest BCUT2D eigenvalue weighted by Gasteiger charge is 2.13. The van der Waals surface area contributed by atoms with Crippen LogP contribution in [-0.2, 0) is 0 Å². The molecular weight excluding hydrogens is 285 g/mol. The number of hydrogen-bond acceptors (Lipinski definition) is 2. The van der Waals surface area contributed by atoms with Gasteiger partial charge in [-0.2, -0.15) is 0 Å². The number of anilines is 2. The van der Waals surface area contributed by atoms with Gasteiger partial charge in [0.05, 0.1) is 16.4 Å². The molecule has 0 bridgehead atoms. The molecule has 4 nitrogen and oxygen atoms in total. The average Bonchev–Trinajstić information content (AvgIpc) is 2.70. The number of H-pyrrole nitrogens is 1. The number of aromatic nitrogens is 1. The zero-order valence-electron chi connectivity index (χ0n) is 10.5. The molecule has 1 aromatic heterocycles. The number of para-hydroxylation sites is 2. The van der Waals surface area contributed by atoms with Crippen LogP contribution >= 0.6 is 23.2 Å². The summed E-state index contributed by atoms with van der Waals surface area (Å²) in [5.41, 5.74) is 1.96. The fraction of sp³-hybridized carbons (Fsp3) is 0.154. The summed E-state index contributed by atoms with van der Waals surface area (Å²) in [6.45, 7) is 0. The third-order valence-corrected chi connectivity index (χ3v) is 3.30. The molecule has 0 fully saturated rings. The molecule has 1 aromatic carbocycles. The van der Waals surface area contributed by atoms with Crippen LogP contribution < -0.4 is 10.2 Å². The van der Waals surface area contributed by atoms with Gasteiger partial charge in [-0.1, -0.05) is 35.3 Å². The summed E-state index contributed by atoms with van der Waals surface area (Å²) >= 11 is 11.6. The van der Waals surface area contributed by atoms with Crippen molar-refractivity contribution >= 4 is 40.5 Å². The van der Waals surface area contributed by atoms with Crippen LogP contribution in [0.3, 0.4) is 0 Å². The lowest BCUT2D eigenvalue weighted by atomic mass is 10.2. The number of hydrogen-bond donors (Lipinski definition) is 2. The lowest BCUT2D eigenvalue weighted by Gasteiger charge is -2.17. The Morgan fingerprint density at radius 2 is 1.95 bits per heavy atom. The molecule has 0 atom stereocenters. The highest BCUT2D eigenvalue weighted by Crippen LogP contribution is 2.26. The van der Waals surface area contributed by atoms with E-state index in [9.17, 15) is 4.79 Å². The normalized spacial score (nSPS) is 10.3. The summed E-state index contributed by atoms with van der Waals surface area (Å²) in [6, 6.07) is 9.02. The maximum absolute atomic E-state index is 12.1. The van der Waals surface area contributed by atoms with Crippen LogP contribution in [0.25, 0.3) is 0 Å². The molecule has 19 heavy (non-hydrogen) atoms. The Hall–Kier alpha value is -1.65. The first-order valence-electron chi connectivity index (χ1n) is 5.60. The standard InChI is InChI=1S/C13H13Cl2N3O/c1-18(2)11-6-4-3-5-9(11)17-13(19)10-7-8(14)12(15)16-10/h3-7,16H,1-2H3,(H,17,19). The molecular formula is C13H13Cl2N3O. The molecule has 6 heteroatoms. The number of halogens is 2. The zero-order valence-corrected chi connectivity index (χ0v) is 12.0. The van der Waals surface area contributed by atoms with Crippen LogP contribution in [0.5, 0.6) is 0 Å². The minimum absolute atomic E-state index is 0.257. The van der Waals surface area contributed by atoms with Gasteiger partial charge >= 0.3 is 0 Å². The van der Waals surface area contributed by atoms with Gasteiger partial charge in [-0.3, -0.25) is 4.79 Å². The number of carbonyl (C=O) groups excluding carboxylic acids is 1. The van der Waals surface area contributed by atoms with Crippen molar-refractivity contribution in [1.82, 2.24) is 4.98 Å². The first-order chi connectivity index (χ1) is 8.99. The molecule has 100 valence electrons. The molecule has 0 aliphatic carbocycles. The lowest BCUT2D eigenvalue weighted by Crippen LogP contribution is -2.16. The zero-order chi connectivity index (χ0) is 14.0. The maximum Gasteiger partial charge on any atom is 0.272 e. The predicted octanol–water partition coefficient (Wildman–Crippen LogP) is 3.64. The Bertz CT molecular complexity index is 588. The predicted molar refractivity (Wildman–Crippen MR) is 79.5 cm³/mol. The van der Waals surface area contributed by atoms with E-state index in [0.29, 0.717) is 10.7 Å². The van der Waals surface area contributed by atoms with E-state index in [1.165, 1.54) is 6.07 Å². The van der Waals surface area contributed by atoms with Gasteiger partial charge in [0.25, 0.3) is 5.91 Å². The van der Waals surface area contributed by atoms with Crippen molar-refractivity contribution in [2.24, 2.45) is 0 Å². The summed E-state index contributed by atoms with van der Waals surface area (Å²) in [6.07, 6.45) is 0. The third kappa shape index (κ3) is 3.03. The molecule has 0 aliphatic rings. The van der Waals surface area contributed by atoms with Crippen molar-refractivity contribution in [3.8, 4) is 0 Å².